The summed E-state index contributed by atoms with van der Waals surface area (Å²) in [5.74, 6) is 1.17. The molecule has 1 aromatic rings. The van der Waals surface area contributed by atoms with E-state index in [0.717, 1.165) is 4.47 Å². The summed E-state index contributed by atoms with van der Waals surface area (Å²) >= 11 is 3.31. The van der Waals surface area contributed by atoms with Crippen LogP contribution in [0.2, 0.25) is 0 Å². The monoisotopic (exact) mass is 326 g/mol. The predicted molar refractivity (Wildman–Crippen MR) is 78.8 cm³/mol. The smallest absolute Gasteiger partial charge is 0.239 e. The van der Waals surface area contributed by atoms with Crippen molar-refractivity contribution in [1.29, 1.82) is 0 Å². The minimum absolute atomic E-state index is 0.0589. The zero-order chi connectivity index (χ0) is 13.8. The first-order chi connectivity index (χ1) is 9.10. The Bertz CT molecular complexity index is 433. The molecule has 1 aliphatic rings. The number of anilines is 1. The van der Waals surface area contributed by atoms with Crippen LogP contribution in [0.4, 0.5) is 5.82 Å². The van der Waals surface area contributed by atoms with E-state index in [0.29, 0.717) is 30.9 Å². The molecule has 1 aliphatic carbocycles. The van der Waals surface area contributed by atoms with Crippen LogP contribution >= 0.6 is 15.9 Å². The highest BCUT2D eigenvalue weighted by Gasteiger charge is 2.33. The van der Waals surface area contributed by atoms with Crippen LogP contribution in [0.25, 0.3) is 0 Å². The van der Waals surface area contributed by atoms with Gasteiger partial charge in [-0.2, -0.15) is 0 Å². The van der Waals surface area contributed by atoms with Crippen LogP contribution in [0.15, 0.2) is 22.8 Å². The number of carbonyl (C=O) groups is 1. The average molecular weight is 327 g/mol. The van der Waals surface area contributed by atoms with Crippen LogP contribution < -0.4 is 11.1 Å². The number of hydrogen-bond acceptors (Lipinski definition) is 4. The molecule has 1 fully saturated rings. The molecule has 1 saturated carbocycles. The fourth-order valence-corrected chi connectivity index (χ4v) is 2.42. The van der Waals surface area contributed by atoms with Gasteiger partial charge in [0.25, 0.3) is 0 Å². The summed E-state index contributed by atoms with van der Waals surface area (Å²) < 4.78 is 0.888. The molecule has 0 spiro atoms. The Morgan fingerprint density at radius 3 is 2.89 bits per heavy atom. The first-order valence-electron chi connectivity index (χ1n) is 6.42. The van der Waals surface area contributed by atoms with E-state index in [2.05, 4.69) is 26.2 Å². The molecule has 2 rings (SSSR count). The highest BCUT2D eigenvalue weighted by Crippen LogP contribution is 2.34. The Labute approximate surface area is 121 Å². The molecular formula is C13H19BrN4O. The fourth-order valence-electron chi connectivity index (χ4n) is 2.19. The van der Waals surface area contributed by atoms with E-state index >= 15 is 0 Å². The summed E-state index contributed by atoms with van der Waals surface area (Å²) in [6, 6.07) is 3.92. The highest BCUT2D eigenvalue weighted by molar-refractivity contribution is 9.10. The molecule has 0 bridgehead atoms. The van der Waals surface area contributed by atoms with Crippen molar-refractivity contribution in [3.8, 4) is 0 Å². The summed E-state index contributed by atoms with van der Waals surface area (Å²) in [7, 11) is 1.95. The first kappa shape index (κ1) is 14.4. The van der Waals surface area contributed by atoms with Gasteiger partial charge in [0.05, 0.1) is 6.54 Å². The van der Waals surface area contributed by atoms with Gasteiger partial charge < -0.3 is 11.1 Å². The molecule has 0 radical (unpaired) electrons. The van der Waals surface area contributed by atoms with E-state index in [-0.39, 0.29) is 5.91 Å². The molecule has 1 unspecified atom stereocenters. The lowest BCUT2D eigenvalue weighted by atomic mass is 10.1. The average Bonchev–Trinajstić information content (AvgIpc) is 3.17. The SMILES string of the molecule is CN(CC(=O)Nc1ccc(Br)cn1)C(CN)C1CC1. The topological polar surface area (TPSA) is 71.2 Å². The minimum Gasteiger partial charge on any atom is -0.329 e. The van der Waals surface area contributed by atoms with Gasteiger partial charge in [-0.15, -0.1) is 0 Å². The summed E-state index contributed by atoms with van der Waals surface area (Å²) in [6.07, 6.45) is 4.11. The van der Waals surface area contributed by atoms with E-state index in [4.69, 9.17) is 5.73 Å². The molecule has 0 aromatic carbocycles. The largest absolute Gasteiger partial charge is 0.329 e. The molecule has 1 heterocycles. The molecule has 6 heteroatoms. The van der Waals surface area contributed by atoms with Crippen molar-refractivity contribution in [2.24, 2.45) is 11.7 Å². The van der Waals surface area contributed by atoms with E-state index in [1.165, 1.54) is 12.8 Å². The standard InChI is InChI=1S/C13H19BrN4O/c1-18(11(6-15)9-2-3-9)8-13(19)17-12-5-4-10(14)7-16-12/h4-5,7,9,11H,2-3,6,8,15H2,1H3,(H,16,17,19). The van der Waals surface area contributed by atoms with Crippen LogP contribution in [0.5, 0.6) is 0 Å². The summed E-state index contributed by atoms with van der Waals surface area (Å²) in [6.45, 7) is 0.946. The maximum absolute atomic E-state index is 11.9. The van der Waals surface area contributed by atoms with Crippen molar-refractivity contribution >= 4 is 27.7 Å². The molecule has 1 atom stereocenters. The van der Waals surface area contributed by atoms with Gasteiger partial charge in [0.1, 0.15) is 5.82 Å². The van der Waals surface area contributed by atoms with Crippen molar-refractivity contribution in [3.63, 3.8) is 0 Å². The predicted octanol–water partition coefficient (Wildman–Crippen LogP) is 1.45. The maximum atomic E-state index is 11.9. The van der Waals surface area contributed by atoms with Gasteiger partial charge in [0.15, 0.2) is 0 Å². The second-order valence-electron chi connectivity index (χ2n) is 4.97. The summed E-state index contributed by atoms with van der Waals surface area (Å²) in [4.78, 5) is 18.1. The Balaban J connectivity index is 1.84. The lowest BCUT2D eigenvalue weighted by Crippen LogP contribution is -2.43. The van der Waals surface area contributed by atoms with Crippen LogP contribution in [0.3, 0.4) is 0 Å². The highest BCUT2D eigenvalue weighted by atomic mass is 79.9. The van der Waals surface area contributed by atoms with E-state index < -0.39 is 0 Å². The first-order valence-corrected chi connectivity index (χ1v) is 7.21. The van der Waals surface area contributed by atoms with E-state index in [1.54, 1.807) is 12.3 Å². The summed E-state index contributed by atoms with van der Waals surface area (Å²) in [5, 5.41) is 2.78. The number of hydrogen-bond donors (Lipinski definition) is 2. The number of halogens is 1. The van der Waals surface area contributed by atoms with Gasteiger partial charge in [-0.1, -0.05) is 0 Å². The number of amides is 1. The normalized spacial score (nSPS) is 16.4. The van der Waals surface area contributed by atoms with Crippen LogP contribution in [-0.2, 0) is 4.79 Å². The van der Waals surface area contributed by atoms with Crippen molar-refractivity contribution in [3.05, 3.63) is 22.8 Å². The van der Waals surface area contributed by atoms with Crippen LogP contribution in [0, 0.1) is 5.92 Å². The number of carbonyl (C=O) groups excluding carboxylic acids is 1. The third-order valence-electron chi connectivity index (χ3n) is 3.36. The molecular weight excluding hydrogens is 308 g/mol. The van der Waals surface area contributed by atoms with Gasteiger partial charge in [-0.25, -0.2) is 4.98 Å². The third kappa shape index (κ3) is 4.26. The Morgan fingerprint density at radius 1 is 1.63 bits per heavy atom. The zero-order valence-electron chi connectivity index (χ0n) is 11.0. The second kappa shape index (κ2) is 6.45. The van der Waals surface area contributed by atoms with Gasteiger partial charge in [-0.3, -0.25) is 9.69 Å². The Hall–Kier alpha value is -0.980. The number of rotatable bonds is 6. The lowest BCUT2D eigenvalue weighted by Gasteiger charge is -2.26. The van der Waals surface area contributed by atoms with E-state index in [9.17, 15) is 4.79 Å². The maximum Gasteiger partial charge on any atom is 0.239 e. The van der Waals surface area contributed by atoms with Crippen LogP contribution in [-0.4, -0.2) is 42.0 Å². The number of pyridine rings is 1. The van der Waals surface area contributed by atoms with Crippen molar-refractivity contribution in [2.75, 3.05) is 25.5 Å². The van der Waals surface area contributed by atoms with E-state index in [1.807, 2.05) is 18.0 Å². The molecule has 104 valence electrons. The molecule has 19 heavy (non-hydrogen) atoms. The number of nitrogens with one attached hydrogen (secondary N) is 1. The zero-order valence-corrected chi connectivity index (χ0v) is 12.6. The number of nitrogens with zero attached hydrogens (tertiary/aromatic N) is 2. The third-order valence-corrected chi connectivity index (χ3v) is 3.83. The number of nitrogens with two attached hydrogens (primary N) is 1. The Morgan fingerprint density at radius 2 is 2.37 bits per heavy atom. The fraction of sp³-hybridized carbons (Fsp3) is 0.538. The number of aromatic nitrogens is 1. The molecule has 0 aliphatic heterocycles. The van der Waals surface area contributed by atoms with Crippen molar-refractivity contribution < 1.29 is 4.79 Å². The molecule has 5 nitrogen and oxygen atoms in total. The van der Waals surface area contributed by atoms with Crippen molar-refractivity contribution in [1.82, 2.24) is 9.88 Å². The van der Waals surface area contributed by atoms with Gasteiger partial charge in [0.2, 0.25) is 5.91 Å². The van der Waals surface area contributed by atoms with Gasteiger partial charge >= 0.3 is 0 Å². The molecule has 1 aromatic heterocycles. The summed E-state index contributed by atoms with van der Waals surface area (Å²) in [5.41, 5.74) is 5.77. The second-order valence-corrected chi connectivity index (χ2v) is 5.88. The minimum atomic E-state index is -0.0589. The molecule has 3 N–H and O–H groups in total. The Kier molecular flexibility index (Phi) is 4.90. The number of likely N-dealkylation sites (N-methyl/N-ethyl adjacent to an activating group) is 1. The van der Waals surface area contributed by atoms with Gasteiger partial charge in [0, 0.05) is 23.3 Å². The van der Waals surface area contributed by atoms with Crippen molar-refractivity contribution in [2.45, 2.75) is 18.9 Å². The lowest BCUT2D eigenvalue weighted by molar-refractivity contribution is -0.117. The van der Waals surface area contributed by atoms with Gasteiger partial charge in [-0.05, 0) is 53.9 Å². The molecule has 1 amide bonds. The molecule has 0 saturated heterocycles. The quantitative estimate of drug-likeness (QED) is 0.830. The van der Waals surface area contributed by atoms with Crippen LogP contribution in [0.1, 0.15) is 12.8 Å².